The van der Waals surface area contributed by atoms with Gasteiger partial charge >= 0.3 is 0 Å². The number of rotatable bonds is 4. The Bertz CT molecular complexity index is 3770. The van der Waals surface area contributed by atoms with E-state index in [2.05, 4.69) is 220 Å². The summed E-state index contributed by atoms with van der Waals surface area (Å²) in [5.41, 5.74) is 13.6. The van der Waals surface area contributed by atoms with Crippen LogP contribution in [-0.2, 0) is 0 Å². The Morgan fingerprint density at radius 2 is 0.746 bits per heavy atom. The van der Waals surface area contributed by atoms with E-state index in [1.807, 2.05) is 0 Å². The minimum Gasteiger partial charge on any atom is -0.309 e. The molecule has 0 spiro atoms. The molecule has 4 heteroatoms. The summed E-state index contributed by atoms with van der Waals surface area (Å²) in [5.74, 6) is 0. The first-order valence-electron chi connectivity index (χ1n) is 20.2. The molecule has 0 aliphatic heterocycles. The van der Waals surface area contributed by atoms with E-state index in [4.69, 9.17) is 4.98 Å². The van der Waals surface area contributed by atoms with Crippen LogP contribution in [0.25, 0.3) is 115 Å². The second-order valence-corrected chi connectivity index (χ2v) is 15.5. The maximum Gasteiger partial charge on any atom is 0.0788 e. The highest BCUT2D eigenvalue weighted by Gasteiger charge is 2.21. The van der Waals surface area contributed by atoms with Crippen molar-refractivity contribution in [2.75, 3.05) is 0 Å². The first kappa shape index (κ1) is 32.2. The normalized spacial score (nSPS) is 12.1. The molecular formula is C55H34N4. The van der Waals surface area contributed by atoms with E-state index in [0.29, 0.717) is 0 Å². The summed E-state index contributed by atoms with van der Waals surface area (Å²) in [6, 6.07) is 74.8. The van der Waals surface area contributed by atoms with Crippen LogP contribution in [0.3, 0.4) is 0 Å². The van der Waals surface area contributed by atoms with Crippen LogP contribution in [0.1, 0.15) is 0 Å². The Labute approximate surface area is 339 Å². The summed E-state index contributed by atoms with van der Waals surface area (Å²) in [4.78, 5) is 5.39. The highest BCUT2D eigenvalue weighted by atomic mass is 15.0. The fourth-order valence-corrected chi connectivity index (χ4v) is 9.90. The van der Waals surface area contributed by atoms with Crippen LogP contribution in [0.4, 0.5) is 0 Å². The Balaban J connectivity index is 1.01. The molecule has 9 aromatic carbocycles. The summed E-state index contributed by atoms with van der Waals surface area (Å²) in [6.45, 7) is 0. The average molecular weight is 751 g/mol. The van der Waals surface area contributed by atoms with Crippen molar-refractivity contribution < 1.29 is 0 Å². The van der Waals surface area contributed by atoms with Crippen molar-refractivity contribution in [2.24, 2.45) is 0 Å². The van der Waals surface area contributed by atoms with Gasteiger partial charge in [-0.25, -0.2) is 4.98 Å². The first-order valence-corrected chi connectivity index (χ1v) is 20.2. The predicted octanol–water partition coefficient (Wildman–Crippen LogP) is 14.3. The zero-order chi connectivity index (χ0) is 38.6. The van der Waals surface area contributed by atoms with E-state index in [-0.39, 0.29) is 0 Å². The van der Waals surface area contributed by atoms with Gasteiger partial charge in [0.25, 0.3) is 0 Å². The van der Waals surface area contributed by atoms with Gasteiger partial charge < -0.3 is 13.7 Å². The number of benzene rings is 9. The first-order chi connectivity index (χ1) is 29.3. The zero-order valence-corrected chi connectivity index (χ0v) is 31.9. The summed E-state index contributed by atoms with van der Waals surface area (Å²) < 4.78 is 7.23. The lowest BCUT2D eigenvalue weighted by Crippen LogP contribution is -1.97. The van der Waals surface area contributed by atoms with Crippen molar-refractivity contribution in [2.45, 2.75) is 0 Å². The fourth-order valence-electron chi connectivity index (χ4n) is 9.90. The molecule has 0 atom stereocenters. The maximum atomic E-state index is 5.39. The minimum atomic E-state index is 0.982. The maximum absolute atomic E-state index is 5.39. The molecular weight excluding hydrogens is 717 g/mol. The lowest BCUT2D eigenvalue weighted by atomic mass is 9.97. The van der Waals surface area contributed by atoms with Crippen molar-refractivity contribution in [3.05, 3.63) is 206 Å². The van der Waals surface area contributed by atoms with Crippen LogP contribution >= 0.6 is 0 Å². The Morgan fingerprint density at radius 3 is 1.41 bits per heavy atom. The third-order valence-electron chi connectivity index (χ3n) is 12.4. The van der Waals surface area contributed by atoms with Gasteiger partial charge in [0.15, 0.2) is 0 Å². The molecule has 0 radical (unpaired) electrons. The third kappa shape index (κ3) is 4.57. The van der Waals surface area contributed by atoms with Gasteiger partial charge in [-0.2, -0.15) is 0 Å². The smallest absolute Gasteiger partial charge is 0.0788 e. The average Bonchev–Trinajstić information content (AvgIpc) is 3.95. The molecule has 13 rings (SSSR count). The van der Waals surface area contributed by atoms with Gasteiger partial charge in [0.2, 0.25) is 0 Å². The number of para-hydroxylation sites is 6. The molecule has 13 aromatic rings. The summed E-state index contributed by atoms with van der Waals surface area (Å²) in [7, 11) is 0. The van der Waals surface area contributed by atoms with Gasteiger partial charge in [-0.3, -0.25) is 0 Å². The van der Waals surface area contributed by atoms with Crippen LogP contribution in [0.2, 0.25) is 0 Å². The van der Waals surface area contributed by atoms with Crippen LogP contribution in [-0.4, -0.2) is 18.7 Å². The van der Waals surface area contributed by atoms with E-state index in [0.717, 1.165) is 44.6 Å². The van der Waals surface area contributed by atoms with Crippen LogP contribution in [0, 0.1) is 0 Å². The summed E-state index contributed by atoms with van der Waals surface area (Å²) in [5, 5.41) is 11.0. The van der Waals surface area contributed by atoms with Gasteiger partial charge in [0.05, 0.1) is 44.3 Å². The number of pyridine rings is 1. The van der Waals surface area contributed by atoms with Gasteiger partial charge in [-0.1, -0.05) is 133 Å². The van der Waals surface area contributed by atoms with Crippen molar-refractivity contribution in [1.29, 1.82) is 0 Å². The topological polar surface area (TPSA) is 27.7 Å². The van der Waals surface area contributed by atoms with Gasteiger partial charge in [-0.15, -0.1) is 0 Å². The van der Waals surface area contributed by atoms with Crippen molar-refractivity contribution in [3.8, 4) is 28.3 Å². The Hall–Kier alpha value is -7.95. The monoisotopic (exact) mass is 750 g/mol. The highest BCUT2D eigenvalue weighted by Crippen LogP contribution is 2.43. The number of nitrogens with zero attached hydrogens (tertiary/aromatic N) is 4. The molecule has 0 fully saturated rings. The number of hydrogen-bond donors (Lipinski definition) is 0. The predicted molar refractivity (Wildman–Crippen MR) is 248 cm³/mol. The summed E-state index contributed by atoms with van der Waals surface area (Å²) in [6.07, 6.45) is 0. The van der Waals surface area contributed by atoms with E-state index in [1.165, 1.54) is 70.8 Å². The number of fused-ring (bicyclic) bond motifs is 13. The van der Waals surface area contributed by atoms with E-state index in [9.17, 15) is 0 Å². The number of aromatic nitrogens is 4. The Morgan fingerprint density at radius 1 is 0.288 bits per heavy atom. The molecule has 0 N–H and O–H groups in total. The SMILES string of the molecule is c1ccc(-n2c3ccccc3c3ccc4c(-c5ccc(-n6c7ccccc7c7cc(-n8c9ccccc9c9ccccc98)ccc76)cc5)nc5ccccc5c4c32)cc1. The lowest BCUT2D eigenvalue weighted by Gasteiger charge is -2.15. The van der Waals surface area contributed by atoms with E-state index in [1.54, 1.807) is 0 Å². The fraction of sp³-hybridized carbons (Fsp3) is 0. The van der Waals surface area contributed by atoms with Gasteiger partial charge in [0, 0.05) is 71.1 Å². The quantitative estimate of drug-likeness (QED) is 0.165. The largest absolute Gasteiger partial charge is 0.309 e. The third-order valence-corrected chi connectivity index (χ3v) is 12.4. The second-order valence-electron chi connectivity index (χ2n) is 15.5. The Kier molecular flexibility index (Phi) is 6.69. The molecule has 274 valence electrons. The molecule has 4 heterocycles. The van der Waals surface area contributed by atoms with Crippen LogP contribution in [0.5, 0.6) is 0 Å². The van der Waals surface area contributed by atoms with E-state index >= 15 is 0 Å². The molecule has 0 saturated heterocycles. The summed E-state index contributed by atoms with van der Waals surface area (Å²) >= 11 is 0. The standard InChI is InChI=1S/C55H34N4/c1-2-14-36(15-3-1)59-51-25-13-7-18-41(51)43-31-32-45-53(55(43)59)44-20-4-9-21-47(44)56-54(45)35-26-28-37(29-27-35)57-50-24-12-8-19-42(50)46-34-38(30-33-52(46)57)58-48-22-10-5-16-39(48)40-17-6-11-23-49(40)58/h1-34H. The number of hydrogen-bond acceptors (Lipinski definition) is 1. The second kappa shape index (κ2) is 12.3. The van der Waals surface area contributed by atoms with Crippen molar-refractivity contribution in [1.82, 2.24) is 18.7 Å². The van der Waals surface area contributed by atoms with Crippen molar-refractivity contribution >= 4 is 87.1 Å². The molecule has 4 aromatic heterocycles. The molecule has 4 nitrogen and oxygen atoms in total. The van der Waals surface area contributed by atoms with Crippen LogP contribution < -0.4 is 0 Å². The molecule has 0 aliphatic carbocycles. The molecule has 0 amide bonds. The lowest BCUT2D eigenvalue weighted by molar-refractivity contribution is 1.16. The van der Waals surface area contributed by atoms with Crippen molar-refractivity contribution in [3.63, 3.8) is 0 Å². The molecule has 0 saturated carbocycles. The molecule has 0 unspecified atom stereocenters. The van der Waals surface area contributed by atoms with E-state index < -0.39 is 0 Å². The molecule has 59 heavy (non-hydrogen) atoms. The highest BCUT2D eigenvalue weighted by molar-refractivity contribution is 6.27. The molecule has 0 bridgehead atoms. The van der Waals surface area contributed by atoms with Gasteiger partial charge in [-0.05, 0) is 72.8 Å². The minimum absolute atomic E-state index is 0.982. The van der Waals surface area contributed by atoms with Gasteiger partial charge in [0.1, 0.15) is 0 Å². The van der Waals surface area contributed by atoms with Crippen LogP contribution in [0.15, 0.2) is 206 Å². The molecule has 0 aliphatic rings. The zero-order valence-electron chi connectivity index (χ0n) is 31.9.